The standard InChI is InChI=1S/C17H26BrN3O2/c1-22-14-9-16(18)15(17(10-14)23-2)12-20-6-3-13(11-20)21-7-4-19-5-8-21/h9-10,13,19H,3-8,11-12H2,1-2H3. The lowest BCUT2D eigenvalue weighted by Crippen LogP contribution is -2.49. The third kappa shape index (κ3) is 3.99. The molecule has 1 aromatic rings. The van der Waals surface area contributed by atoms with Gasteiger partial charge in [-0.1, -0.05) is 15.9 Å². The van der Waals surface area contributed by atoms with Crippen LogP contribution in [0.1, 0.15) is 12.0 Å². The molecule has 2 fully saturated rings. The molecule has 23 heavy (non-hydrogen) atoms. The molecule has 2 heterocycles. The predicted molar refractivity (Wildman–Crippen MR) is 95.4 cm³/mol. The van der Waals surface area contributed by atoms with Crippen LogP contribution in [0, 0.1) is 0 Å². The molecule has 0 aliphatic carbocycles. The molecular formula is C17H26BrN3O2. The summed E-state index contributed by atoms with van der Waals surface area (Å²) in [5.74, 6) is 1.71. The molecular weight excluding hydrogens is 358 g/mol. The number of nitrogens with one attached hydrogen (secondary N) is 1. The molecule has 2 saturated heterocycles. The Morgan fingerprint density at radius 3 is 2.65 bits per heavy atom. The zero-order valence-corrected chi connectivity index (χ0v) is 15.6. The summed E-state index contributed by atoms with van der Waals surface area (Å²) in [6, 6.07) is 4.67. The van der Waals surface area contributed by atoms with E-state index in [-0.39, 0.29) is 0 Å². The molecule has 0 radical (unpaired) electrons. The number of benzene rings is 1. The SMILES string of the molecule is COc1cc(Br)c(CN2CCC(N3CCNCC3)C2)c(OC)c1. The van der Waals surface area contributed by atoms with Crippen molar-refractivity contribution >= 4 is 15.9 Å². The van der Waals surface area contributed by atoms with Gasteiger partial charge >= 0.3 is 0 Å². The highest BCUT2D eigenvalue weighted by molar-refractivity contribution is 9.10. The highest BCUT2D eigenvalue weighted by Gasteiger charge is 2.29. The van der Waals surface area contributed by atoms with Crippen LogP contribution in [0.2, 0.25) is 0 Å². The average Bonchev–Trinajstić information content (AvgIpc) is 3.06. The molecule has 3 rings (SSSR count). The highest BCUT2D eigenvalue weighted by atomic mass is 79.9. The Morgan fingerprint density at radius 1 is 1.17 bits per heavy atom. The third-order valence-electron chi connectivity index (χ3n) is 4.88. The molecule has 6 heteroatoms. The summed E-state index contributed by atoms with van der Waals surface area (Å²) in [5, 5.41) is 3.43. The van der Waals surface area contributed by atoms with E-state index >= 15 is 0 Å². The maximum atomic E-state index is 5.57. The van der Waals surface area contributed by atoms with Crippen LogP contribution in [-0.4, -0.2) is 69.3 Å². The van der Waals surface area contributed by atoms with Crippen LogP contribution in [0.5, 0.6) is 11.5 Å². The summed E-state index contributed by atoms with van der Waals surface area (Å²) in [4.78, 5) is 5.17. The minimum atomic E-state index is 0.695. The molecule has 5 nitrogen and oxygen atoms in total. The predicted octanol–water partition coefficient (Wildman–Crippen LogP) is 1.95. The van der Waals surface area contributed by atoms with Crippen LogP contribution < -0.4 is 14.8 Å². The van der Waals surface area contributed by atoms with Gasteiger partial charge in [0.05, 0.1) is 14.2 Å². The molecule has 0 bridgehead atoms. The number of halogens is 1. The van der Waals surface area contributed by atoms with Gasteiger partial charge in [-0.25, -0.2) is 0 Å². The number of hydrogen-bond donors (Lipinski definition) is 1. The fraction of sp³-hybridized carbons (Fsp3) is 0.647. The molecule has 2 aliphatic rings. The van der Waals surface area contributed by atoms with Gasteiger partial charge in [-0.05, 0) is 12.5 Å². The van der Waals surface area contributed by atoms with Crippen molar-refractivity contribution in [3.05, 3.63) is 22.2 Å². The van der Waals surface area contributed by atoms with Crippen molar-refractivity contribution in [1.82, 2.24) is 15.1 Å². The van der Waals surface area contributed by atoms with Crippen molar-refractivity contribution in [3.8, 4) is 11.5 Å². The number of methoxy groups -OCH3 is 2. The van der Waals surface area contributed by atoms with Gasteiger partial charge in [0.1, 0.15) is 11.5 Å². The smallest absolute Gasteiger partial charge is 0.128 e. The molecule has 0 amide bonds. The molecule has 2 aliphatic heterocycles. The molecule has 0 saturated carbocycles. The Balaban J connectivity index is 1.66. The highest BCUT2D eigenvalue weighted by Crippen LogP contribution is 2.34. The Bertz CT molecular complexity index is 535. The first-order valence-electron chi connectivity index (χ1n) is 8.28. The third-order valence-corrected chi connectivity index (χ3v) is 5.59. The number of rotatable bonds is 5. The van der Waals surface area contributed by atoms with Crippen LogP contribution in [-0.2, 0) is 6.54 Å². The van der Waals surface area contributed by atoms with E-state index in [1.165, 1.54) is 25.1 Å². The molecule has 1 N–H and O–H groups in total. The van der Waals surface area contributed by atoms with Gasteiger partial charge < -0.3 is 14.8 Å². The Hall–Kier alpha value is -0.820. The largest absolute Gasteiger partial charge is 0.497 e. The molecule has 1 atom stereocenters. The summed E-state index contributed by atoms with van der Waals surface area (Å²) >= 11 is 3.67. The topological polar surface area (TPSA) is 37.0 Å². The second-order valence-corrected chi connectivity index (χ2v) is 7.11. The number of nitrogens with zero attached hydrogens (tertiary/aromatic N) is 2. The van der Waals surface area contributed by atoms with Gasteiger partial charge in [0, 0.05) is 68.0 Å². The van der Waals surface area contributed by atoms with E-state index < -0.39 is 0 Å². The van der Waals surface area contributed by atoms with Crippen LogP contribution >= 0.6 is 15.9 Å². The number of likely N-dealkylation sites (tertiary alicyclic amines) is 1. The van der Waals surface area contributed by atoms with Crippen molar-refractivity contribution in [1.29, 1.82) is 0 Å². The van der Waals surface area contributed by atoms with Gasteiger partial charge in [0.2, 0.25) is 0 Å². The average molecular weight is 384 g/mol. The molecule has 0 spiro atoms. The molecule has 128 valence electrons. The maximum absolute atomic E-state index is 5.57. The van der Waals surface area contributed by atoms with Crippen LogP contribution in [0.4, 0.5) is 0 Å². The second kappa shape index (κ2) is 7.83. The van der Waals surface area contributed by atoms with Crippen molar-refractivity contribution in [3.63, 3.8) is 0 Å². The molecule has 1 unspecified atom stereocenters. The zero-order chi connectivity index (χ0) is 16.2. The minimum Gasteiger partial charge on any atom is -0.497 e. The zero-order valence-electron chi connectivity index (χ0n) is 14.0. The van der Waals surface area contributed by atoms with E-state index in [2.05, 4.69) is 31.0 Å². The minimum absolute atomic E-state index is 0.695. The van der Waals surface area contributed by atoms with E-state index in [1.54, 1.807) is 14.2 Å². The summed E-state index contributed by atoms with van der Waals surface area (Å²) in [5.41, 5.74) is 1.20. The van der Waals surface area contributed by atoms with E-state index in [4.69, 9.17) is 9.47 Å². The lowest BCUT2D eigenvalue weighted by Gasteiger charge is -2.32. The quantitative estimate of drug-likeness (QED) is 0.840. The number of hydrogen-bond acceptors (Lipinski definition) is 5. The second-order valence-electron chi connectivity index (χ2n) is 6.25. The first kappa shape index (κ1) is 17.0. The Kier molecular flexibility index (Phi) is 5.80. The first-order chi connectivity index (χ1) is 11.2. The number of ether oxygens (including phenoxy) is 2. The number of piperazine rings is 1. The molecule has 1 aromatic carbocycles. The van der Waals surface area contributed by atoms with E-state index in [0.717, 1.165) is 48.7 Å². The van der Waals surface area contributed by atoms with Crippen molar-refractivity contribution in [2.24, 2.45) is 0 Å². The van der Waals surface area contributed by atoms with Crippen LogP contribution in [0.25, 0.3) is 0 Å². The summed E-state index contributed by atoms with van der Waals surface area (Å²) in [7, 11) is 3.40. The first-order valence-corrected chi connectivity index (χ1v) is 9.08. The summed E-state index contributed by atoms with van der Waals surface area (Å²) in [6.45, 7) is 7.79. The summed E-state index contributed by atoms with van der Waals surface area (Å²) in [6.07, 6.45) is 1.26. The summed E-state index contributed by atoms with van der Waals surface area (Å²) < 4.78 is 11.9. The van der Waals surface area contributed by atoms with Crippen molar-refractivity contribution in [2.45, 2.75) is 19.0 Å². The maximum Gasteiger partial charge on any atom is 0.128 e. The fourth-order valence-electron chi connectivity index (χ4n) is 3.57. The lowest BCUT2D eigenvalue weighted by atomic mass is 10.1. The molecule has 0 aromatic heterocycles. The lowest BCUT2D eigenvalue weighted by molar-refractivity contribution is 0.170. The van der Waals surface area contributed by atoms with Gasteiger partial charge in [0.25, 0.3) is 0 Å². The van der Waals surface area contributed by atoms with E-state index in [9.17, 15) is 0 Å². The van der Waals surface area contributed by atoms with E-state index in [0.29, 0.717) is 6.04 Å². The van der Waals surface area contributed by atoms with Gasteiger partial charge in [-0.2, -0.15) is 0 Å². The van der Waals surface area contributed by atoms with Crippen molar-refractivity contribution in [2.75, 3.05) is 53.5 Å². The Morgan fingerprint density at radius 2 is 1.96 bits per heavy atom. The monoisotopic (exact) mass is 383 g/mol. The normalized spacial score (nSPS) is 23.2. The van der Waals surface area contributed by atoms with Crippen molar-refractivity contribution < 1.29 is 9.47 Å². The van der Waals surface area contributed by atoms with Gasteiger partial charge in [0.15, 0.2) is 0 Å². The van der Waals surface area contributed by atoms with Gasteiger partial charge in [-0.15, -0.1) is 0 Å². The van der Waals surface area contributed by atoms with Crippen LogP contribution in [0.15, 0.2) is 16.6 Å². The van der Waals surface area contributed by atoms with Crippen LogP contribution in [0.3, 0.4) is 0 Å². The fourth-order valence-corrected chi connectivity index (χ4v) is 4.11. The van der Waals surface area contributed by atoms with E-state index in [1.807, 2.05) is 12.1 Å². The Labute approximate surface area is 147 Å². The van der Waals surface area contributed by atoms with Gasteiger partial charge in [-0.3, -0.25) is 9.80 Å².